The van der Waals surface area contributed by atoms with Crippen molar-refractivity contribution in [3.63, 3.8) is 0 Å². The van der Waals surface area contributed by atoms with Gasteiger partial charge in [-0.15, -0.1) is 0 Å². The van der Waals surface area contributed by atoms with E-state index in [0.29, 0.717) is 17.8 Å². The molecule has 0 saturated carbocycles. The van der Waals surface area contributed by atoms with Crippen molar-refractivity contribution < 1.29 is 19.1 Å². The lowest BCUT2D eigenvalue weighted by Crippen LogP contribution is -2.29. The first-order valence-electron chi connectivity index (χ1n) is 11.8. The molecule has 3 rings (SSSR count). The predicted molar refractivity (Wildman–Crippen MR) is 147 cm³/mol. The number of nitrogens with one attached hydrogen (secondary N) is 3. The van der Waals surface area contributed by atoms with Crippen LogP contribution in [0.25, 0.3) is 10.9 Å². The fourth-order valence-electron chi connectivity index (χ4n) is 3.66. The van der Waals surface area contributed by atoms with Crippen LogP contribution in [0.3, 0.4) is 0 Å². The number of nitrogens with zero attached hydrogens (tertiary/aromatic N) is 1. The molecule has 0 fully saturated rings. The van der Waals surface area contributed by atoms with Crippen LogP contribution in [0.4, 0.5) is 16.2 Å². The number of hydrogen-bond acceptors (Lipinski definition) is 6. The molecule has 0 bridgehead atoms. The molecule has 1 unspecified atom stereocenters. The summed E-state index contributed by atoms with van der Waals surface area (Å²) in [5.41, 5.74) is 1.90. The maximum Gasteiger partial charge on any atom is 0.412 e. The highest BCUT2D eigenvalue weighted by Crippen LogP contribution is 2.28. The average Bonchev–Trinajstić information content (AvgIpc) is 2.81. The molecule has 192 valence electrons. The Labute approximate surface area is 220 Å². The Morgan fingerprint density at radius 1 is 1.11 bits per heavy atom. The molecule has 0 aliphatic heterocycles. The van der Waals surface area contributed by atoms with Gasteiger partial charge in [0.15, 0.2) is 0 Å². The van der Waals surface area contributed by atoms with Gasteiger partial charge in [-0.05, 0) is 70.9 Å². The number of pyridine rings is 1. The lowest BCUT2D eigenvalue weighted by Gasteiger charge is -2.20. The van der Waals surface area contributed by atoms with E-state index in [1.807, 2.05) is 24.3 Å². The van der Waals surface area contributed by atoms with E-state index in [0.717, 1.165) is 39.7 Å². The highest BCUT2D eigenvalue weighted by molar-refractivity contribution is 9.10. The topological polar surface area (TPSA) is 102 Å². The van der Waals surface area contributed by atoms with E-state index in [1.54, 1.807) is 52.3 Å². The monoisotopic (exact) mass is 556 g/mol. The number of ether oxygens (including phenoxy) is 2. The third-order valence-corrected chi connectivity index (χ3v) is 5.77. The summed E-state index contributed by atoms with van der Waals surface area (Å²) in [7, 11) is 1.65. The number of fused-ring (bicyclic) bond motifs is 1. The van der Waals surface area contributed by atoms with Crippen molar-refractivity contribution in [3.05, 3.63) is 58.7 Å². The molecule has 1 atom stereocenters. The Hall–Kier alpha value is -3.33. The largest absolute Gasteiger partial charge is 0.497 e. The molecule has 0 aliphatic rings. The van der Waals surface area contributed by atoms with Crippen LogP contribution in [0.5, 0.6) is 5.75 Å². The van der Waals surface area contributed by atoms with Gasteiger partial charge in [-0.1, -0.05) is 22.0 Å². The predicted octanol–water partition coefficient (Wildman–Crippen LogP) is 6.36. The SMILES string of the molecule is COc1cc(NC(C)CCCNC(=O)c2cc(Br)ccc2NC(=O)OC(C)(C)C)c2ncccc2c1. The molecule has 9 heteroatoms. The van der Waals surface area contributed by atoms with Crippen molar-refractivity contribution in [2.75, 3.05) is 24.3 Å². The zero-order valence-electron chi connectivity index (χ0n) is 21.3. The number of anilines is 2. The normalized spacial score (nSPS) is 12.1. The van der Waals surface area contributed by atoms with Gasteiger partial charge < -0.3 is 20.1 Å². The Morgan fingerprint density at radius 3 is 2.61 bits per heavy atom. The number of methoxy groups -OCH3 is 1. The molecule has 0 radical (unpaired) electrons. The van der Waals surface area contributed by atoms with Gasteiger partial charge >= 0.3 is 6.09 Å². The first-order chi connectivity index (χ1) is 17.1. The average molecular weight is 557 g/mol. The summed E-state index contributed by atoms with van der Waals surface area (Å²) in [6.07, 6.45) is 2.75. The van der Waals surface area contributed by atoms with Crippen molar-refractivity contribution in [1.82, 2.24) is 10.3 Å². The molecule has 1 heterocycles. The first kappa shape index (κ1) is 27.3. The number of rotatable bonds is 9. The summed E-state index contributed by atoms with van der Waals surface area (Å²) in [5, 5.41) is 10.1. The van der Waals surface area contributed by atoms with Gasteiger partial charge in [0.25, 0.3) is 5.91 Å². The van der Waals surface area contributed by atoms with Crippen LogP contribution in [0.1, 0.15) is 50.9 Å². The van der Waals surface area contributed by atoms with Crippen LogP contribution in [0, 0.1) is 0 Å². The van der Waals surface area contributed by atoms with Crippen molar-refractivity contribution in [3.8, 4) is 5.75 Å². The van der Waals surface area contributed by atoms with Crippen molar-refractivity contribution in [2.45, 2.75) is 52.2 Å². The number of halogens is 1. The summed E-state index contributed by atoms with van der Waals surface area (Å²) >= 11 is 3.39. The Balaban J connectivity index is 1.56. The molecule has 8 nitrogen and oxygen atoms in total. The number of carbonyl (C=O) groups excluding carboxylic acids is 2. The Kier molecular flexibility index (Phi) is 9.14. The third-order valence-electron chi connectivity index (χ3n) is 5.28. The highest BCUT2D eigenvalue weighted by atomic mass is 79.9. The lowest BCUT2D eigenvalue weighted by molar-refractivity contribution is 0.0636. The Morgan fingerprint density at radius 2 is 1.89 bits per heavy atom. The summed E-state index contributed by atoms with van der Waals surface area (Å²) in [6.45, 7) is 7.92. The zero-order valence-corrected chi connectivity index (χ0v) is 22.9. The van der Waals surface area contributed by atoms with E-state index in [2.05, 4.69) is 43.8 Å². The second-order valence-electron chi connectivity index (χ2n) is 9.51. The summed E-state index contributed by atoms with van der Waals surface area (Å²) in [6, 6.07) is 13.1. The van der Waals surface area contributed by atoms with Crippen molar-refractivity contribution in [2.24, 2.45) is 0 Å². The molecule has 3 aromatic rings. The summed E-state index contributed by atoms with van der Waals surface area (Å²) in [5.74, 6) is 0.494. The van der Waals surface area contributed by atoms with Crippen LogP contribution in [0.2, 0.25) is 0 Å². The van der Waals surface area contributed by atoms with Gasteiger partial charge in [-0.3, -0.25) is 15.1 Å². The maximum atomic E-state index is 12.9. The van der Waals surface area contributed by atoms with Crippen LogP contribution in [-0.2, 0) is 4.74 Å². The van der Waals surface area contributed by atoms with Gasteiger partial charge in [0.05, 0.1) is 29.6 Å². The van der Waals surface area contributed by atoms with E-state index >= 15 is 0 Å². The van der Waals surface area contributed by atoms with E-state index in [1.165, 1.54) is 0 Å². The van der Waals surface area contributed by atoms with Gasteiger partial charge in [0.2, 0.25) is 0 Å². The van der Waals surface area contributed by atoms with Gasteiger partial charge in [0, 0.05) is 34.7 Å². The second kappa shape index (κ2) is 12.1. The fourth-order valence-corrected chi connectivity index (χ4v) is 4.02. The molecular formula is C27H33BrN4O4. The van der Waals surface area contributed by atoms with Crippen molar-refractivity contribution in [1.29, 1.82) is 0 Å². The van der Waals surface area contributed by atoms with Crippen molar-refractivity contribution >= 4 is 50.2 Å². The Bertz CT molecular complexity index is 1230. The number of carbonyl (C=O) groups is 2. The fraction of sp³-hybridized carbons (Fsp3) is 0.370. The minimum Gasteiger partial charge on any atom is -0.497 e. The van der Waals surface area contributed by atoms with Crippen LogP contribution in [0.15, 0.2) is 53.1 Å². The van der Waals surface area contributed by atoms with E-state index in [4.69, 9.17) is 9.47 Å². The summed E-state index contributed by atoms with van der Waals surface area (Å²) in [4.78, 5) is 29.6. The van der Waals surface area contributed by atoms with Gasteiger partial charge in [-0.25, -0.2) is 4.79 Å². The third kappa shape index (κ3) is 7.84. The number of hydrogen-bond donors (Lipinski definition) is 3. The molecule has 36 heavy (non-hydrogen) atoms. The number of amides is 2. The molecule has 1 aromatic heterocycles. The number of benzene rings is 2. The summed E-state index contributed by atoms with van der Waals surface area (Å²) < 4.78 is 11.5. The second-order valence-corrected chi connectivity index (χ2v) is 10.4. The first-order valence-corrected chi connectivity index (χ1v) is 12.6. The molecule has 2 amide bonds. The minimum absolute atomic E-state index is 0.148. The maximum absolute atomic E-state index is 12.9. The quantitative estimate of drug-likeness (QED) is 0.265. The van der Waals surface area contributed by atoms with E-state index in [-0.39, 0.29) is 11.9 Å². The molecule has 0 aliphatic carbocycles. The van der Waals surface area contributed by atoms with E-state index in [9.17, 15) is 9.59 Å². The zero-order chi connectivity index (χ0) is 26.3. The standard InChI is InChI=1S/C27H33BrN4O4/c1-17(31-23-16-20(35-5)14-18-9-7-12-29-24(18)23)8-6-13-30-25(33)21-15-19(28)10-11-22(21)32-26(34)36-27(2,3)4/h7,9-12,14-17,31H,6,8,13H2,1-5H3,(H,30,33)(H,32,34). The van der Waals surface area contributed by atoms with Gasteiger partial charge in [-0.2, -0.15) is 0 Å². The molecule has 3 N–H and O–H groups in total. The number of aromatic nitrogens is 1. The molecular weight excluding hydrogens is 524 g/mol. The highest BCUT2D eigenvalue weighted by Gasteiger charge is 2.19. The molecule has 2 aromatic carbocycles. The van der Waals surface area contributed by atoms with Crippen LogP contribution >= 0.6 is 15.9 Å². The van der Waals surface area contributed by atoms with Gasteiger partial charge in [0.1, 0.15) is 11.4 Å². The molecule has 0 saturated heterocycles. The minimum atomic E-state index is -0.639. The smallest absolute Gasteiger partial charge is 0.412 e. The molecule has 0 spiro atoms. The lowest BCUT2D eigenvalue weighted by atomic mass is 10.1. The van der Waals surface area contributed by atoms with Crippen LogP contribution in [-0.4, -0.2) is 42.3 Å². The van der Waals surface area contributed by atoms with E-state index < -0.39 is 11.7 Å². The van der Waals surface area contributed by atoms with Crippen LogP contribution < -0.4 is 20.7 Å².